The second-order valence-corrected chi connectivity index (χ2v) is 5.83. The Bertz CT molecular complexity index is 687. The minimum Gasteiger partial charge on any atom is -0.494 e. The van der Waals surface area contributed by atoms with Crippen LogP contribution in [-0.2, 0) is 0 Å². The summed E-state index contributed by atoms with van der Waals surface area (Å²) in [5, 5.41) is 3.31. The molecule has 3 nitrogen and oxygen atoms in total. The molecule has 128 valence electrons. The maximum Gasteiger partial charge on any atom is 0.131 e. The molecule has 24 heavy (non-hydrogen) atoms. The molecule has 0 aliphatic carbocycles. The fraction of sp³-hybridized carbons (Fsp3) is 0.368. The lowest BCUT2D eigenvalue weighted by Crippen LogP contribution is -2.45. The molecule has 1 saturated heterocycles. The summed E-state index contributed by atoms with van der Waals surface area (Å²) in [6.45, 7) is 5.74. The quantitative estimate of drug-likeness (QED) is 0.909. The molecule has 1 aliphatic rings. The van der Waals surface area contributed by atoms with E-state index in [0.717, 1.165) is 43.6 Å². The highest BCUT2D eigenvalue weighted by atomic mass is 19.1. The van der Waals surface area contributed by atoms with Crippen LogP contribution in [0.5, 0.6) is 5.75 Å². The molecule has 2 aromatic rings. The van der Waals surface area contributed by atoms with Crippen molar-refractivity contribution < 1.29 is 13.5 Å². The number of para-hydroxylation sites is 1. The number of ether oxygens (including phenoxy) is 1. The number of hydrogen-bond acceptors (Lipinski definition) is 3. The summed E-state index contributed by atoms with van der Waals surface area (Å²) >= 11 is 0. The van der Waals surface area contributed by atoms with Gasteiger partial charge in [0.05, 0.1) is 12.6 Å². The molecule has 1 aliphatic heterocycles. The smallest absolute Gasteiger partial charge is 0.131 e. The van der Waals surface area contributed by atoms with Crippen molar-refractivity contribution in [2.75, 3.05) is 32.8 Å². The van der Waals surface area contributed by atoms with Crippen LogP contribution in [0.1, 0.15) is 24.1 Å². The van der Waals surface area contributed by atoms with E-state index in [9.17, 15) is 8.78 Å². The van der Waals surface area contributed by atoms with Crippen molar-refractivity contribution >= 4 is 0 Å². The van der Waals surface area contributed by atoms with Gasteiger partial charge < -0.3 is 10.1 Å². The van der Waals surface area contributed by atoms with Gasteiger partial charge in [-0.2, -0.15) is 0 Å². The number of benzene rings is 2. The maximum absolute atomic E-state index is 14.5. The van der Waals surface area contributed by atoms with Crippen molar-refractivity contribution in [3.63, 3.8) is 0 Å². The summed E-state index contributed by atoms with van der Waals surface area (Å²) in [6, 6.07) is 11.2. The highest BCUT2D eigenvalue weighted by Gasteiger charge is 2.28. The molecule has 1 unspecified atom stereocenters. The molecule has 1 N–H and O–H groups in total. The number of rotatable bonds is 5. The van der Waals surface area contributed by atoms with Gasteiger partial charge in [-0.05, 0) is 19.1 Å². The molecule has 3 rings (SSSR count). The molecule has 5 heteroatoms. The first-order valence-electron chi connectivity index (χ1n) is 8.32. The van der Waals surface area contributed by atoms with Crippen molar-refractivity contribution in [2.45, 2.75) is 13.0 Å². The van der Waals surface area contributed by atoms with Crippen LogP contribution in [-0.4, -0.2) is 37.7 Å². The van der Waals surface area contributed by atoms with Crippen LogP contribution in [0.4, 0.5) is 8.78 Å². The van der Waals surface area contributed by atoms with Gasteiger partial charge in [0.2, 0.25) is 0 Å². The fourth-order valence-corrected chi connectivity index (χ4v) is 3.22. The van der Waals surface area contributed by atoms with Crippen molar-refractivity contribution in [1.29, 1.82) is 0 Å². The van der Waals surface area contributed by atoms with Crippen LogP contribution in [0.3, 0.4) is 0 Å². The number of nitrogens with zero attached hydrogens (tertiary/aromatic N) is 1. The van der Waals surface area contributed by atoms with Gasteiger partial charge >= 0.3 is 0 Å². The van der Waals surface area contributed by atoms with Gasteiger partial charge in [0, 0.05) is 43.4 Å². The fourth-order valence-electron chi connectivity index (χ4n) is 3.22. The molecular weight excluding hydrogens is 310 g/mol. The number of halogens is 2. The first-order valence-corrected chi connectivity index (χ1v) is 8.32. The second-order valence-electron chi connectivity index (χ2n) is 5.83. The Hall–Kier alpha value is -1.98. The van der Waals surface area contributed by atoms with Gasteiger partial charge in [-0.1, -0.05) is 24.3 Å². The van der Waals surface area contributed by atoms with Crippen LogP contribution >= 0.6 is 0 Å². The third-order valence-electron chi connectivity index (χ3n) is 4.29. The van der Waals surface area contributed by atoms with Gasteiger partial charge in [-0.15, -0.1) is 0 Å². The molecule has 0 radical (unpaired) electrons. The van der Waals surface area contributed by atoms with Gasteiger partial charge in [0.25, 0.3) is 0 Å². The molecule has 1 fully saturated rings. The average Bonchev–Trinajstić information content (AvgIpc) is 2.60. The third kappa shape index (κ3) is 3.57. The largest absolute Gasteiger partial charge is 0.494 e. The molecule has 1 heterocycles. The Morgan fingerprint density at radius 3 is 2.54 bits per heavy atom. The Morgan fingerprint density at radius 2 is 1.83 bits per heavy atom. The number of piperazine rings is 1. The van der Waals surface area contributed by atoms with E-state index in [0.29, 0.717) is 12.2 Å². The van der Waals surface area contributed by atoms with E-state index in [-0.39, 0.29) is 6.04 Å². The first kappa shape index (κ1) is 16.9. The molecule has 0 saturated carbocycles. The van der Waals surface area contributed by atoms with E-state index in [1.165, 1.54) is 6.07 Å². The topological polar surface area (TPSA) is 24.5 Å². The van der Waals surface area contributed by atoms with E-state index in [4.69, 9.17) is 4.74 Å². The van der Waals surface area contributed by atoms with E-state index in [2.05, 4.69) is 10.2 Å². The predicted molar refractivity (Wildman–Crippen MR) is 90.3 cm³/mol. The highest BCUT2D eigenvalue weighted by Crippen LogP contribution is 2.36. The van der Waals surface area contributed by atoms with E-state index >= 15 is 0 Å². The van der Waals surface area contributed by atoms with Crippen LogP contribution in [0.15, 0.2) is 42.5 Å². The van der Waals surface area contributed by atoms with Gasteiger partial charge in [-0.25, -0.2) is 8.78 Å². The summed E-state index contributed by atoms with van der Waals surface area (Å²) in [5.74, 6) is -0.342. The Morgan fingerprint density at radius 1 is 1.08 bits per heavy atom. The van der Waals surface area contributed by atoms with Crippen molar-refractivity contribution in [1.82, 2.24) is 10.2 Å². The zero-order chi connectivity index (χ0) is 16.9. The van der Waals surface area contributed by atoms with Gasteiger partial charge in [0.1, 0.15) is 17.4 Å². The molecule has 1 atom stereocenters. The van der Waals surface area contributed by atoms with Gasteiger partial charge in [-0.3, -0.25) is 4.90 Å². The van der Waals surface area contributed by atoms with E-state index in [1.807, 2.05) is 31.2 Å². The summed E-state index contributed by atoms with van der Waals surface area (Å²) < 4.78 is 33.7. The lowest BCUT2D eigenvalue weighted by atomic mass is 9.95. The minimum absolute atomic E-state index is 0.296. The third-order valence-corrected chi connectivity index (χ3v) is 4.29. The van der Waals surface area contributed by atoms with Crippen molar-refractivity contribution in [3.05, 3.63) is 65.2 Å². The van der Waals surface area contributed by atoms with Crippen molar-refractivity contribution in [3.8, 4) is 5.75 Å². The predicted octanol–water partition coefficient (Wildman–Crippen LogP) is 3.36. The molecule has 0 bridgehead atoms. The van der Waals surface area contributed by atoms with Crippen LogP contribution in [0.2, 0.25) is 0 Å². The summed E-state index contributed by atoms with van der Waals surface area (Å²) in [5.41, 5.74) is 1.39. The van der Waals surface area contributed by atoms with Crippen LogP contribution in [0.25, 0.3) is 0 Å². The second kappa shape index (κ2) is 7.73. The summed E-state index contributed by atoms with van der Waals surface area (Å²) in [7, 11) is 0. The molecular formula is C19H22F2N2O. The number of nitrogens with one attached hydrogen (secondary N) is 1. The summed E-state index contributed by atoms with van der Waals surface area (Å²) in [4.78, 5) is 2.21. The standard InChI is InChI=1S/C19H22F2N2O/c1-2-24-18-6-4-3-5-16(18)19(23-11-9-22-10-12-23)15-8-7-14(20)13-17(15)21/h3-8,13,19,22H,2,9-12H2,1H3. The van der Waals surface area contributed by atoms with Crippen LogP contribution in [0, 0.1) is 11.6 Å². The Balaban J connectivity index is 2.08. The number of hydrogen-bond donors (Lipinski definition) is 1. The Kier molecular flexibility index (Phi) is 5.43. The zero-order valence-electron chi connectivity index (χ0n) is 13.8. The van der Waals surface area contributed by atoms with Gasteiger partial charge in [0.15, 0.2) is 0 Å². The molecule has 0 spiro atoms. The Labute approximate surface area is 141 Å². The summed E-state index contributed by atoms with van der Waals surface area (Å²) in [6.07, 6.45) is 0. The maximum atomic E-state index is 14.5. The SMILES string of the molecule is CCOc1ccccc1C(c1ccc(F)cc1F)N1CCNCC1. The highest BCUT2D eigenvalue weighted by molar-refractivity contribution is 5.42. The first-order chi connectivity index (χ1) is 11.7. The molecule has 0 amide bonds. The van der Waals surface area contributed by atoms with Crippen LogP contribution < -0.4 is 10.1 Å². The molecule has 2 aromatic carbocycles. The average molecular weight is 332 g/mol. The minimum atomic E-state index is -0.562. The normalized spacial score (nSPS) is 16.8. The zero-order valence-corrected chi connectivity index (χ0v) is 13.8. The van der Waals surface area contributed by atoms with E-state index < -0.39 is 11.6 Å². The monoisotopic (exact) mass is 332 g/mol. The lowest BCUT2D eigenvalue weighted by Gasteiger charge is -2.36. The van der Waals surface area contributed by atoms with Crippen molar-refractivity contribution in [2.24, 2.45) is 0 Å². The molecule has 0 aromatic heterocycles. The lowest BCUT2D eigenvalue weighted by molar-refractivity contribution is 0.191. The van der Waals surface area contributed by atoms with E-state index in [1.54, 1.807) is 6.07 Å².